The number of rotatable bonds is 2. The van der Waals surface area contributed by atoms with Crippen LogP contribution in [0.5, 0.6) is 0 Å². The molecule has 0 saturated heterocycles. The molecule has 58 valence electrons. The second-order valence-corrected chi connectivity index (χ2v) is 2.30. The Bertz CT molecular complexity index is 268. The Morgan fingerprint density at radius 1 is 1.45 bits per heavy atom. The average Bonchev–Trinajstić information content (AvgIpc) is 2.24. The lowest BCUT2D eigenvalue weighted by Gasteiger charge is -1.95. The van der Waals surface area contributed by atoms with E-state index in [1.54, 1.807) is 17.7 Å². The van der Waals surface area contributed by atoms with E-state index in [1.807, 2.05) is 0 Å². The van der Waals surface area contributed by atoms with E-state index in [9.17, 15) is 4.39 Å². The van der Waals surface area contributed by atoms with E-state index in [0.717, 1.165) is 5.69 Å². The van der Waals surface area contributed by atoms with E-state index >= 15 is 0 Å². The van der Waals surface area contributed by atoms with Crippen molar-refractivity contribution < 1.29 is 4.39 Å². The fourth-order valence-corrected chi connectivity index (χ4v) is 1.08. The van der Waals surface area contributed by atoms with Gasteiger partial charge in [0, 0.05) is 18.8 Å². The van der Waals surface area contributed by atoms with Crippen LogP contribution in [0.3, 0.4) is 0 Å². The van der Waals surface area contributed by atoms with Crippen LogP contribution in [0.1, 0.15) is 11.3 Å². The first-order chi connectivity index (χ1) is 5.20. The molecule has 0 radical (unpaired) electrons. The highest BCUT2D eigenvalue weighted by Crippen LogP contribution is 2.16. The van der Waals surface area contributed by atoms with Crippen molar-refractivity contribution in [2.75, 3.05) is 0 Å². The summed E-state index contributed by atoms with van der Waals surface area (Å²) in [5.74, 6) is -0.252. The molecule has 0 saturated carbocycles. The molecule has 0 aliphatic rings. The molecule has 1 aromatic rings. The monoisotopic (exact) mass is 151 g/mol. The smallest absolute Gasteiger partial charge is 0.148 e. The third-order valence-electron chi connectivity index (χ3n) is 1.62. The Morgan fingerprint density at radius 2 is 2.09 bits per heavy atom. The van der Waals surface area contributed by atoms with Crippen molar-refractivity contribution in [3.8, 4) is 0 Å². The van der Waals surface area contributed by atoms with Crippen LogP contribution in [-0.2, 0) is 7.05 Å². The Hall–Kier alpha value is -1.31. The van der Waals surface area contributed by atoms with Crippen molar-refractivity contribution in [3.05, 3.63) is 36.4 Å². The summed E-state index contributed by atoms with van der Waals surface area (Å²) >= 11 is 0. The second kappa shape index (κ2) is 2.74. The molecule has 1 aromatic heterocycles. The topological polar surface area (TPSA) is 4.93 Å². The number of nitrogens with zero attached hydrogens (tertiary/aromatic N) is 1. The molecular formula is C9H10FN. The van der Waals surface area contributed by atoms with Gasteiger partial charge in [-0.15, -0.1) is 0 Å². The molecule has 1 nitrogen and oxygen atoms in total. The predicted octanol–water partition coefficient (Wildman–Crippen LogP) is 2.45. The summed E-state index contributed by atoms with van der Waals surface area (Å²) in [7, 11) is 1.77. The average molecular weight is 151 g/mol. The van der Waals surface area contributed by atoms with Gasteiger partial charge in [0.05, 0.1) is 5.69 Å². The van der Waals surface area contributed by atoms with Crippen molar-refractivity contribution in [1.29, 1.82) is 0 Å². The zero-order valence-electron chi connectivity index (χ0n) is 6.47. The van der Waals surface area contributed by atoms with E-state index in [-0.39, 0.29) is 5.82 Å². The van der Waals surface area contributed by atoms with Crippen LogP contribution in [0.2, 0.25) is 0 Å². The zero-order chi connectivity index (χ0) is 8.43. The first-order valence-electron chi connectivity index (χ1n) is 3.30. The second-order valence-electron chi connectivity index (χ2n) is 2.30. The van der Waals surface area contributed by atoms with Gasteiger partial charge in [0.15, 0.2) is 0 Å². The van der Waals surface area contributed by atoms with Gasteiger partial charge in [0.1, 0.15) is 5.82 Å². The quantitative estimate of drug-likeness (QED) is 0.611. The highest BCUT2D eigenvalue weighted by atomic mass is 19.1. The summed E-state index contributed by atoms with van der Waals surface area (Å²) in [5, 5.41) is 0. The Balaban J connectivity index is 3.39. The Labute approximate surface area is 65.5 Å². The van der Waals surface area contributed by atoms with Gasteiger partial charge in [-0.25, -0.2) is 4.39 Å². The first-order valence-corrected chi connectivity index (χ1v) is 3.30. The van der Waals surface area contributed by atoms with E-state index in [4.69, 9.17) is 0 Å². The third-order valence-corrected chi connectivity index (χ3v) is 1.62. The lowest BCUT2D eigenvalue weighted by molar-refractivity contribution is 0.622. The molecule has 0 atom stereocenters. The summed E-state index contributed by atoms with van der Waals surface area (Å²) in [6.45, 7) is 7.09. The zero-order valence-corrected chi connectivity index (χ0v) is 6.47. The van der Waals surface area contributed by atoms with Gasteiger partial charge in [-0.2, -0.15) is 0 Å². The maximum atomic E-state index is 12.9. The molecule has 0 aliphatic carbocycles. The molecule has 1 rings (SSSR count). The number of aromatic nitrogens is 1. The van der Waals surface area contributed by atoms with Crippen LogP contribution < -0.4 is 0 Å². The molecule has 0 fully saturated rings. The highest BCUT2D eigenvalue weighted by molar-refractivity contribution is 5.61. The Morgan fingerprint density at radius 3 is 2.45 bits per heavy atom. The molecule has 2 heteroatoms. The molecular weight excluding hydrogens is 141 g/mol. The fraction of sp³-hybridized carbons (Fsp3) is 0.111. The lowest BCUT2D eigenvalue weighted by atomic mass is 10.2. The van der Waals surface area contributed by atoms with E-state index < -0.39 is 0 Å². The molecule has 0 N–H and O–H groups in total. The SMILES string of the molecule is C=Cc1c(F)cn(C)c1C=C. The van der Waals surface area contributed by atoms with Gasteiger partial charge < -0.3 is 4.57 Å². The largest absolute Gasteiger partial charge is 0.348 e. The minimum Gasteiger partial charge on any atom is -0.348 e. The van der Waals surface area contributed by atoms with Crippen LogP contribution in [0.25, 0.3) is 12.2 Å². The predicted molar refractivity (Wildman–Crippen MR) is 45.6 cm³/mol. The molecule has 1 heterocycles. The van der Waals surface area contributed by atoms with Gasteiger partial charge in [-0.3, -0.25) is 0 Å². The molecule has 11 heavy (non-hydrogen) atoms. The van der Waals surface area contributed by atoms with Crippen molar-refractivity contribution >= 4 is 12.2 Å². The van der Waals surface area contributed by atoms with Crippen LogP contribution in [0.15, 0.2) is 19.4 Å². The maximum absolute atomic E-state index is 12.9. The normalized spacial score (nSPS) is 9.64. The summed E-state index contributed by atoms with van der Waals surface area (Å²) in [6.07, 6.45) is 4.51. The van der Waals surface area contributed by atoms with E-state index in [1.165, 1.54) is 12.3 Å². The molecule has 0 spiro atoms. The summed E-state index contributed by atoms with van der Waals surface area (Å²) < 4.78 is 14.6. The minimum atomic E-state index is -0.252. The van der Waals surface area contributed by atoms with Gasteiger partial charge in [-0.05, 0) is 6.08 Å². The van der Waals surface area contributed by atoms with Gasteiger partial charge in [-0.1, -0.05) is 19.2 Å². The van der Waals surface area contributed by atoms with Crippen molar-refractivity contribution in [2.24, 2.45) is 7.05 Å². The minimum absolute atomic E-state index is 0.252. The fourth-order valence-electron chi connectivity index (χ4n) is 1.08. The van der Waals surface area contributed by atoms with Crippen molar-refractivity contribution in [2.45, 2.75) is 0 Å². The van der Waals surface area contributed by atoms with E-state index in [0.29, 0.717) is 5.56 Å². The van der Waals surface area contributed by atoms with Gasteiger partial charge >= 0.3 is 0 Å². The van der Waals surface area contributed by atoms with Gasteiger partial charge in [0.2, 0.25) is 0 Å². The molecule has 0 bridgehead atoms. The van der Waals surface area contributed by atoms with Crippen LogP contribution in [0, 0.1) is 5.82 Å². The lowest BCUT2D eigenvalue weighted by Crippen LogP contribution is -1.87. The standard InChI is InChI=1S/C9H10FN/c1-4-7-8(10)6-11(3)9(7)5-2/h4-6H,1-2H2,3H3. The molecule has 0 aliphatic heterocycles. The van der Waals surface area contributed by atoms with Crippen LogP contribution in [0.4, 0.5) is 4.39 Å². The van der Waals surface area contributed by atoms with Crippen molar-refractivity contribution in [1.82, 2.24) is 4.57 Å². The number of hydrogen-bond donors (Lipinski definition) is 0. The molecule has 0 amide bonds. The highest BCUT2D eigenvalue weighted by Gasteiger charge is 2.06. The van der Waals surface area contributed by atoms with Crippen LogP contribution >= 0.6 is 0 Å². The van der Waals surface area contributed by atoms with Gasteiger partial charge in [0.25, 0.3) is 0 Å². The summed E-state index contributed by atoms with van der Waals surface area (Å²) in [6, 6.07) is 0. The number of aryl methyl sites for hydroxylation is 1. The summed E-state index contributed by atoms with van der Waals surface area (Å²) in [5.41, 5.74) is 1.28. The van der Waals surface area contributed by atoms with E-state index in [2.05, 4.69) is 13.2 Å². The maximum Gasteiger partial charge on any atom is 0.148 e. The molecule has 0 aromatic carbocycles. The number of halogens is 1. The first kappa shape index (κ1) is 7.79. The van der Waals surface area contributed by atoms with Crippen molar-refractivity contribution in [3.63, 3.8) is 0 Å². The third kappa shape index (κ3) is 1.11. The molecule has 0 unspecified atom stereocenters. The summed E-state index contributed by atoms with van der Waals surface area (Å²) in [4.78, 5) is 0. The van der Waals surface area contributed by atoms with Crippen LogP contribution in [-0.4, -0.2) is 4.57 Å². The Kier molecular flexibility index (Phi) is 1.94. The number of hydrogen-bond acceptors (Lipinski definition) is 0.